The number of hydrogen-bond donors (Lipinski definition) is 1. The first kappa shape index (κ1) is 17.8. The third kappa shape index (κ3) is 4.72. The van der Waals surface area contributed by atoms with Crippen LogP contribution in [0.2, 0.25) is 0 Å². The lowest BCUT2D eigenvalue weighted by atomic mass is 10.1. The second kappa shape index (κ2) is 7.35. The van der Waals surface area contributed by atoms with Crippen LogP contribution in [0.1, 0.15) is 44.7 Å². The molecule has 6 nitrogen and oxygen atoms in total. The molecule has 2 rings (SSSR count). The van der Waals surface area contributed by atoms with Gasteiger partial charge in [-0.05, 0) is 51.3 Å². The van der Waals surface area contributed by atoms with E-state index in [0.29, 0.717) is 25.1 Å². The van der Waals surface area contributed by atoms with E-state index in [4.69, 9.17) is 10.00 Å². The molecule has 0 saturated carbocycles. The number of nitriles is 1. The van der Waals surface area contributed by atoms with E-state index >= 15 is 0 Å². The molecule has 1 atom stereocenters. The Hall–Kier alpha value is -2.55. The van der Waals surface area contributed by atoms with Crippen LogP contribution >= 0.6 is 0 Å². The van der Waals surface area contributed by atoms with Crippen molar-refractivity contribution in [2.45, 2.75) is 51.8 Å². The minimum absolute atomic E-state index is 0.194. The average Bonchev–Trinajstić information content (AvgIpc) is 3.01. The molecule has 1 unspecified atom stereocenters. The summed E-state index contributed by atoms with van der Waals surface area (Å²) in [6.45, 7) is 6.26. The topological polar surface area (TPSA) is 82.4 Å². The van der Waals surface area contributed by atoms with E-state index in [9.17, 15) is 9.59 Å². The molecule has 1 fully saturated rings. The fourth-order valence-corrected chi connectivity index (χ4v) is 2.64. The standard InChI is InChI=1S/C18H23N3O3/c1-18(2,3)24-17(23)21-9-5-8-15(21)16(22)20-12-14-7-4-6-13(10-14)11-19/h4,6-7,10,15H,5,8-9,12H2,1-3H3,(H,20,22). The molecule has 0 spiro atoms. The van der Waals surface area contributed by atoms with E-state index < -0.39 is 17.7 Å². The van der Waals surface area contributed by atoms with Crippen LogP contribution in [-0.2, 0) is 16.1 Å². The highest BCUT2D eigenvalue weighted by Crippen LogP contribution is 2.21. The molecule has 24 heavy (non-hydrogen) atoms. The molecule has 2 amide bonds. The predicted octanol–water partition coefficient (Wildman–Crippen LogP) is 2.57. The molecule has 0 aliphatic carbocycles. The zero-order valence-electron chi connectivity index (χ0n) is 14.3. The summed E-state index contributed by atoms with van der Waals surface area (Å²) in [7, 11) is 0. The van der Waals surface area contributed by atoms with Gasteiger partial charge in [-0.2, -0.15) is 5.26 Å². The zero-order valence-corrected chi connectivity index (χ0v) is 14.3. The fourth-order valence-electron chi connectivity index (χ4n) is 2.64. The van der Waals surface area contributed by atoms with Gasteiger partial charge in [-0.25, -0.2) is 4.79 Å². The van der Waals surface area contributed by atoms with Crippen molar-refractivity contribution in [3.05, 3.63) is 35.4 Å². The number of amides is 2. The van der Waals surface area contributed by atoms with Gasteiger partial charge in [0.25, 0.3) is 0 Å². The Kier molecular flexibility index (Phi) is 5.45. The zero-order chi connectivity index (χ0) is 17.7. The minimum Gasteiger partial charge on any atom is -0.444 e. The Balaban J connectivity index is 1.95. The summed E-state index contributed by atoms with van der Waals surface area (Å²) in [6, 6.07) is 8.65. The monoisotopic (exact) mass is 329 g/mol. The van der Waals surface area contributed by atoms with Crippen molar-refractivity contribution in [1.29, 1.82) is 5.26 Å². The van der Waals surface area contributed by atoms with E-state index in [-0.39, 0.29) is 5.91 Å². The van der Waals surface area contributed by atoms with Crippen LogP contribution in [0.3, 0.4) is 0 Å². The molecule has 1 saturated heterocycles. The number of likely N-dealkylation sites (tertiary alicyclic amines) is 1. The highest BCUT2D eigenvalue weighted by molar-refractivity contribution is 5.86. The smallest absolute Gasteiger partial charge is 0.410 e. The Labute approximate surface area is 142 Å². The molecule has 0 radical (unpaired) electrons. The molecule has 1 aliphatic rings. The summed E-state index contributed by atoms with van der Waals surface area (Å²) in [5.74, 6) is -0.194. The predicted molar refractivity (Wildman–Crippen MR) is 89.0 cm³/mol. The first-order valence-corrected chi connectivity index (χ1v) is 8.06. The van der Waals surface area contributed by atoms with Gasteiger partial charge in [0.05, 0.1) is 11.6 Å². The van der Waals surface area contributed by atoms with Crippen molar-refractivity contribution in [2.75, 3.05) is 6.54 Å². The minimum atomic E-state index is -0.585. The van der Waals surface area contributed by atoms with Gasteiger partial charge in [-0.15, -0.1) is 0 Å². The Bertz CT molecular complexity index is 658. The number of benzene rings is 1. The quantitative estimate of drug-likeness (QED) is 0.924. The summed E-state index contributed by atoms with van der Waals surface area (Å²) in [4.78, 5) is 26.1. The van der Waals surface area contributed by atoms with Crippen molar-refractivity contribution in [1.82, 2.24) is 10.2 Å². The highest BCUT2D eigenvalue weighted by atomic mass is 16.6. The van der Waals surface area contributed by atoms with Crippen LogP contribution in [0.25, 0.3) is 0 Å². The molecule has 128 valence electrons. The van der Waals surface area contributed by atoms with Crippen molar-refractivity contribution in [3.63, 3.8) is 0 Å². The largest absolute Gasteiger partial charge is 0.444 e. The number of nitrogens with zero attached hydrogens (tertiary/aromatic N) is 2. The summed E-state index contributed by atoms with van der Waals surface area (Å²) < 4.78 is 5.37. The van der Waals surface area contributed by atoms with Gasteiger partial charge < -0.3 is 10.1 Å². The molecule has 1 aromatic rings. The lowest BCUT2D eigenvalue weighted by Gasteiger charge is -2.28. The number of hydrogen-bond acceptors (Lipinski definition) is 4. The van der Waals surface area contributed by atoms with Crippen LogP contribution in [0.4, 0.5) is 4.79 Å². The third-order valence-corrected chi connectivity index (χ3v) is 3.71. The molecule has 6 heteroatoms. The number of carbonyl (C=O) groups is 2. The number of rotatable bonds is 3. The summed E-state index contributed by atoms with van der Waals surface area (Å²) >= 11 is 0. The number of ether oxygens (including phenoxy) is 1. The van der Waals surface area contributed by atoms with Crippen LogP contribution < -0.4 is 5.32 Å². The highest BCUT2D eigenvalue weighted by Gasteiger charge is 2.36. The van der Waals surface area contributed by atoms with Crippen LogP contribution in [0, 0.1) is 11.3 Å². The molecule has 1 heterocycles. The van der Waals surface area contributed by atoms with Gasteiger partial charge >= 0.3 is 6.09 Å². The summed E-state index contributed by atoms with van der Waals surface area (Å²) in [5, 5.41) is 11.7. The molecule has 0 bridgehead atoms. The second-order valence-corrected chi connectivity index (χ2v) is 6.86. The van der Waals surface area contributed by atoms with Crippen LogP contribution in [-0.4, -0.2) is 35.1 Å². The summed E-state index contributed by atoms with van der Waals surface area (Å²) in [5.41, 5.74) is 0.820. The van der Waals surface area contributed by atoms with E-state index in [2.05, 4.69) is 11.4 Å². The van der Waals surface area contributed by atoms with Gasteiger partial charge in [0.1, 0.15) is 11.6 Å². The molecule has 1 aromatic carbocycles. The van der Waals surface area contributed by atoms with Gasteiger partial charge in [-0.3, -0.25) is 9.69 Å². The van der Waals surface area contributed by atoms with Gasteiger partial charge in [0, 0.05) is 13.1 Å². The molecule has 1 aliphatic heterocycles. The average molecular weight is 329 g/mol. The van der Waals surface area contributed by atoms with E-state index in [1.165, 1.54) is 4.90 Å². The van der Waals surface area contributed by atoms with Gasteiger partial charge in [-0.1, -0.05) is 12.1 Å². The maximum Gasteiger partial charge on any atom is 0.410 e. The Morgan fingerprint density at radius 1 is 1.42 bits per heavy atom. The van der Waals surface area contributed by atoms with E-state index in [1.807, 2.05) is 6.07 Å². The van der Waals surface area contributed by atoms with Crippen molar-refractivity contribution in [2.24, 2.45) is 0 Å². The Morgan fingerprint density at radius 3 is 2.83 bits per heavy atom. The lowest BCUT2D eigenvalue weighted by Crippen LogP contribution is -2.47. The second-order valence-electron chi connectivity index (χ2n) is 6.86. The molecular weight excluding hydrogens is 306 g/mol. The van der Waals surface area contributed by atoms with Crippen molar-refractivity contribution < 1.29 is 14.3 Å². The van der Waals surface area contributed by atoms with Gasteiger partial charge in [0.15, 0.2) is 0 Å². The lowest BCUT2D eigenvalue weighted by molar-refractivity contribution is -0.125. The molecule has 1 N–H and O–H groups in total. The maximum atomic E-state index is 12.4. The first-order valence-electron chi connectivity index (χ1n) is 8.06. The molecule has 0 aromatic heterocycles. The fraction of sp³-hybridized carbons (Fsp3) is 0.500. The van der Waals surface area contributed by atoms with Gasteiger partial charge in [0.2, 0.25) is 5.91 Å². The van der Waals surface area contributed by atoms with Crippen molar-refractivity contribution in [3.8, 4) is 6.07 Å². The SMILES string of the molecule is CC(C)(C)OC(=O)N1CCCC1C(=O)NCc1cccc(C#N)c1. The first-order chi connectivity index (χ1) is 11.3. The number of carbonyl (C=O) groups excluding carboxylic acids is 2. The maximum absolute atomic E-state index is 12.4. The number of nitrogens with one attached hydrogen (secondary N) is 1. The summed E-state index contributed by atoms with van der Waals surface area (Å²) in [6.07, 6.45) is 0.955. The third-order valence-electron chi connectivity index (χ3n) is 3.71. The van der Waals surface area contributed by atoms with Crippen LogP contribution in [0.15, 0.2) is 24.3 Å². The van der Waals surface area contributed by atoms with Crippen molar-refractivity contribution >= 4 is 12.0 Å². The normalized spacial score (nSPS) is 17.2. The van der Waals surface area contributed by atoms with E-state index in [1.54, 1.807) is 39.0 Å². The molecular formula is C18H23N3O3. The Morgan fingerprint density at radius 2 is 2.17 bits per heavy atom. The van der Waals surface area contributed by atoms with Crippen LogP contribution in [0.5, 0.6) is 0 Å². The van der Waals surface area contributed by atoms with E-state index in [0.717, 1.165) is 12.0 Å².